The van der Waals surface area contributed by atoms with Crippen LogP contribution in [0.4, 0.5) is 0 Å². The zero-order chi connectivity index (χ0) is 21.8. The Kier molecular flexibility index (Phi) is 6.82. The zero-order valence-corrected chi connectivity index (χ0v) is 21.4. The van der Waals surface area contributed by atoms with Gasteiger partial charge in [0, 0.05) is 0 Å². The Morgan fingerprint density at radius 1 is 0.645 bits per heavy atom. The fourth-order valence-corrected chi connectivity index (χ4v) is 12.6. The fraction of sp³-hybridized carbons (Fsp3) is 0.286. The first-order valence-corrected chi connectivity index (χ1v) is 15.8. The summed E-state index contributed by atoms with van der Waals surface area (Å²) in [5, 5.41) is 0. The minimum absolute atomic E-state index is 0.384. The molecule has 0 unspecified atom stereocenters. The maximum atomic E-state index is 7.17. The third-order valence-electron chi connectivity index (χ3n) is 5.98. The first-order chi connectivity index (χ1) is 15.0. The van der Waals surface area contributed by atoms with Gasteiger partial charge in [0.05, 0.1) is 0 Å². The second-order valence-corrected chi connectivity index (χ2v) is 16.0. The van der Waals surface area contributed by atoms with Crippen LogP contribution in [-0.4, -0.2) is 0 Å². The molecule has 0 saturated carbocycles. The first-order valence-electron chi connectivity index (χ1n) is 11.3. The molecule has 0 heterocycles. The molecule has 160 valence electrons. The Morgan fingerprint density at radius 2 is 1.06 bits per heavy atom. The van der Waals surface area contributed by atoms with E-state index in [1.807, 2.05) is 0 Å². The van der Waals surface area contributed by atoms with E-state index in [4.69, 9.17) is 5.63 Å². The number of allylic oxidation sites excluding steroid dienone is 8. The van der Waals surface area contributed by atoms with Crippen molar-refractivity contribution >= 4 is 0 Å². The first kappa shape index (κ1) is 22.1. The Morgan fingerprint density at radius 3 is 1.42 bits per heavy atom. The van der Waals surface area contributed by atoms with Gasteiger partial charge in [-0.25, -0.2) is 0 Å². The third-order valence-corrected chi connectivity index (χ3v) is 14.5. The number of para-hydroxylation sites is 2. The molecule has 0 bridgehead atoms. The van der Waals surface area contributed by atoms with Crippen LogP contribution in [0, 0.1) is 0 Å². The Hall–Kier alpha value is -2.12. The summed E-state index contributed by atoms with van der Waals surface area (Å²) >= 11 is -3.98. The van der Waals surface area contributed by atoms with Crippen LogP contribution in [0.2, 0.25) is 0 Å². The molecule has 2 nitrogen and oxygen atoms in total. The summed E-state index contributed by atoms with van der Waals surface area (Å²) in [5.74, 6) is 2.70. The van der Waals surface area contributed by atoms with Crippen LogP contribution in [-0.2, 0) is 21.1 Å². The van der Waals surface area contributed by atoms with Crippen LogP contribution >= 0.6 is 0 Å². The summed E-state index contributed by atoms with van der Waals surface area (Å²) in [4.78, 5) is 0. The van der Waals surface area contributed by atoms with Gasteiger partial charge in [0.2, 0.25) is 0 Å². The van der Waals surface area contributed by atoms with E-state index in [1.54, 1.807) is 0 Å². The van der Waals surface area contributed by atoms with Crippen LogP contribution < -0.4 is 5.63 Å². The molecule has 0 N–H and O–H groups in total. The van der Waals surface area contributed by atoms with E-state index in [0.717, 1.165) is 24.3 Å². The van der Waals surface area contributed by atoms with Crippen LogP contribution in [0.25, 0.3) is 0 Å². The van der Waals surface area contributed by atoms with E-state index < -0.39 is 21.1 Å². The van der Waals surface area contributed by atoms with Crippen molar-refractivity contribution in [1.29, 1.82) is 0 Å². The van der Waals surface area contributed by atoms with Gasteiger partial charge in [0.15, 0.2) is 0 Å². The average Bonchev–Trinajstić information content (AvgIpc) is 3.48. The second-order valence-electron chi connectivity index (χ2n) is 8.85. The van der Waals surface area contributed by atoms with E-state index in [2.05, 4.69) is 113 Å². The van der Waals surface area contributed by atoms with Gasteiger partial charge in [0.25, 0.3) is 0 Å². The van der Waals surface area contributed by atoms with Gasteiger partial charge in [-0.2, -0.15) is 0 Å². The molecular formula is C28H32O2Zr. The normalized spacial score (nSPS) is 15.5. The Bertz CT molecular complexity index is 971. The van der Waals surface area contributed by atoms with Crippen molar-refractivity contribution in [3.8, 4) is 11.5 Å². The third kappa shape index (κ3) is 4.58. The Labute approximate surface area is 192 Å². The molecular weight excluding hydrogens is 460 g/mol. The van der Waals surface area contributed by atoms with Gasteiger partial charge in [-0.3, -0.25) is 0 Å². The maximum absolute atomic E-state index is 7.17. The van der Waals surface area contributed by atoms with E-state index in [1.165, 1.54) is 17.7 Å². The minimum atomic E-state index is -3.98. The quantitative estimate of drug-likeness (QED) is 0.372. The van der Waals surface area contributed by atoms with Gasteiger partial charge in [-0.05, 0) is 0 Å². The van der Waals surface area contributed by atoms with E-state index in [-0.39, 0.29) is 0 Å². The predicted molar refractivity (Wildman–Crippen MR) is 126 cm³/mol. The molecule has 0 aliphatic heterocycles. The molecule has 2 aliphatic carbocycles. The molecule has 0 amide bonds. The molecule has 3 heteroatoms. The molecule has 2 aromatic rings. The molecule has 31 heavy (non-hydrogen) atoms. The van der Waals surface area contributed by atoms with Gasteiger partial charge in [0.1, 0.15) is 0 Å². The summed E-state index contributed by atoms with van der Waals surface area (Å²) in [6, 6.07) is 16.9. The Balaban J connectivity index is 1.86. The van der Waals surface area contributed by atoms with Crippen LogP contribution in [0.1, 0.15) is 63.5 Å². The summed E-state index contributed by atoms with van der Waals surface area (Å²) in [6.45, 7) is 8.89. The van der Waals surface area contributed by atoms with E-state index in [9.17, 15) is 0 Å². The van der Waals surface area contributed by atoms with Gasteiger partial charge in [-0.15, -0.1) is 0 Å². The standard InChI is InChI=1S/2C9H12O.2C5H5.Zr/c2*1-7(2)8-5-3-4-6-9(8)10;2*1-2-4-5-3-1;/h2*3-7,10H,1-2H3;2*1-3H,4H2;/q;;;;+2/p-2. The summed E-state index contributed by atoms with van der Waals surface area (Å²) in [7, 11) is 0. The summed E-state index contributed by atoms with van der Waals surface area (Å²) in [5.41, 5.74) is 2.48. The molecule has 0 atom stereocenters. The van der Waals surface area contributed by atoms with Crippen molar-refractivity contribution in [1.82, 2.24) is 0 Å². The number of benzene rings is 2. The van der Waals surface area contributed by atoms with Crippen molar-refractivity contribution in [2.75, 3.05) is 0 Å². The molecule has 0 aromatic heterocycles. The number of hydrogen-bond donors (Lipinski definition) is 0. The molecule has 2 aromatic carbocycles. The van der Waals surface area contributed by atoms with E-state index in [0.29, 0.717) is 11.8 Å². The van der Waals surface area contributed by atoms with Gasteiger partial charge < -0.3 is 0 Å². The molecule has 4 rings (SSSR count). The van der Waals surface area contributed by atoms with Crippen LogP contribution in [0.15, 0.2) is 91.5 Å². The molecule has 2 aliphatic rings. The van der Waals surface area contributed by atoms with Crippen molar-refractivity contribution < 1.29 is 26.8 Å². The van der Waals surface area contributed by atoms with Crippen molar-refractivity contribution in [3.05, 3.63) is 103 Å². The van der Waals surface area contributed by atoms with Crippen molar-refractivity contribution in [3.63, 3.8) is 0 Å². The van der Waals surface area contributed by atoms with Crippen molar-refractivity contribution in [2.24, 2.45) is 0 Å². The predicted octanol–water partition coefficient (Wildman–Crippen LogP) is 8.06. The van der Waals surface area contributed by atoms with Gasteiger partial charge in [-0.1, -0.05) is 0 Å². The van der Waals surface area contributed by atoms with Crippen LogP contribution in [0.3, 0.4) is 0 Å². The molecule has 0 spiro atoms. The molecule has 0 fully saturated rings. The summed E-state index contributed by atoms with van der Waals surface area (Å²) in [6.07, 6.45) is 15.0. The zero-order valence-electron chi connectivity index (χ0n) is 19.0. The number of rotatable bonds is 8. The number of hydrogen-bond acceptors (Lipinski definition) is 2. The topological polar surface area (TPSA) is 18.5 Å². The average molecular weight is 492 g/mol. The fourth-order valence-electron chi connectivity index (χ4n) is 4.28. The summed E-state index contributed by atoms with van der Waals surface area (Å²) < 4.78 is 17.0. The van der Waals surface area contributed by atoms with Gasteiger partial charge >= 0.3 is 193 Å². The van der Waals surface area contributed by atoms with Crippen molar-refractivity contribution in [2.45, 2.75) is 52.4 Å². The van der Waals surface area contributed by atoms with E-state index >= 15 is 0 Å². The van der Waals surface area contributed by atoms with Crippen LogP contribution in [0.5, 0.6) is 11.5 Å². The SMILES string of the molecule is CC(C)c1ccccc1[O][Zr]([O]c1ccccc1C(C)C)([C]1=CC=CC1)[C]1=CC=CC1. The molecule has 0 saturated heterocycles. The molecule has 0 radical (unpaired) electrons. The second kappa shape index (κ2) is 9.57. The monoisotopic (exact) mass is 490 g/mol.